The lowest BCUT2D eigenvalue weighted by atomic mass is 10.1. The first kappa shape index (κ1) is 14.3. The highest BCUT2D eigenvalue weighted by Crippen LogP contribution is 2.10. The van der Waals surface area contributed by atoms with E-state index in [9.17, 15) is 4.79 Å². The van der Waals surface area contributed by atoms with E-state index in [1.165, 1.54) is 0 Å². The summed E-state index contributed by atoms with van der Waals surface area (Å²) >= 11 is 3.35. The number of rotatable bonds is 4. The summed E-state index contributed by atoms with van der Waals surface area (Å²) in [4.78, 5) is 11.6. The minimum atomic E-state index is -0.205. The van der Waals surface area contributed by atoms with Crippen molar-refractivity contribution < 1.29 is 9.90 Å². The predicted octanol–water partition coefficient (Wildman–Crippen LogP) is 2.85. The Labute approximate surface area is 125 Å². The van der Waals surface area contributed by atoms with Gasteiger partial charge in [-0.2, -0.15) is 5.10 Å². The van der Waals surface area contributed by atoms with Crippen LogP contribution in [0.15, 0.2) is 58.1 Å². The number of benzene rings is 2. The van der Waals surface area contributed by atoms with E-state index in [0.717, 1.165) is 15.6 Å². The van der Waals surface area contributed by atoms with E-state index < -0.39 is 0 Å². The number of aromatic hydroxyl groups is 1. The molecule has 0 atom stereocenters. The lowest BCUT2D eigenvalue weighted by molar-refractivity contribution is -0.120. The van der Waals surface area contributed by atoms with Gasteiger partial charge in [0.1, 0.15) is 5.75 Å². The van der Waals surface area contributed by atoms with Crippen molar-refractivity contribution in [3.05, 3.63) is 64.1 Å². The molecule has 0 bridgehead atoms. The average molecular weight is 333 g/mol. The number of hydrazone groups is 1. The maximum absolute atomic E-state index is 11.6. The molecule has 0 aliphatic heterocycles. The fourth-order valence-electron chi connectivity index (χ4n) is 1.57. The Balaban J connectivity index is 1.85. The predicted molar refractivity (Wildman–Crippen MR) is 81.7 cm³/mol. The monoisotopic (exact) mass is 332 g/mol. The zero-order valence-electron chi connectivity index (χ0n) is 10.6. The first-order valence-corrected chi connectivity index (χ1v) is 6.78. The Bertz CT molecular complexity index is 607. The highest BCUT2D eigenvalue weighted by molar-refractivity contribution is 9.10. The Hall–Kier alpha value is -2.14. The number of nitrogens with zero attached hydrogens (tertiary/aromatic N) is 1. The van der Waals surface area contributed by atoms with Crippen LogP contribution in [0.2, 0.25) is 0 Å². The van der Waals surface area contributed by atoms with Gasteiger partial charge in [-0.1, -0.05) is 40.2 Å². The van der Waals surface area contributed by atoms with E-state index in [1.54, 1.807) is 30.5 Å². The van der Waals surface area contributed by atoms with Crippen molar-refractivity contribution in [2.45, 2.75) is 6.42 Å². The Morgan fingerprint density at radius 2 is 1.80 bits per heavy atom. The standard InChI is InChI=1S/C15H13BrN2O2/c16-13-5-1-12(2-6-13)10-17-18-15(20)9-11-3-7-14(19)8-4-11/h1-8,10,19H,9H2,(H,18,20)/b17-10-. The number of carbonyl (C=O) groups is 1. The molecule has 0 heterocycles. The summed E-state index contributed by atoms with van der Waals surface area (Å²) in [6.45, 7) is 0. The van der Waals surface area contributed by atoms with Crippen LogP contribution < -0.4 is 5.43 Å². The van der Waals surface area contributed by atoms with E-state index in [4.69, 9.17) is 5.11 Å². The van der Waals surface area contributed by atoms with E-state index in [2.05, 4.69) is 26.5 Å². The Kier molecular flexibility index (Phi) is 4.90. The van der Waals surface area contributed by atoms with Crippen LogP contribution in [-0.2, 0) is 11.2 Å². The van der Waals surface area contributed by atoms with Crippen molar-refractivity contribution in [1.82, 2.24) is 5.43 Å². The summed E-state index contributed by atoms with van der Waals surface area (Å²) in [5, 5.41) is 13.0. The van der Waals surface area contributed by atoms with Gasteiger partial charge < -0.3 is 5.11 Å². The summed E-state index contributed by atoms with van der Waals surface area (Å²) in [5.74, 6) is -0.0218. The molecule has 2 N–H and O–H groups in total. The summed E-state index contributed by atoms with van der Waals surface area (Å²) in [6.07, 6.45) is 1.80. The van der Waals surface area contributed by atoms with Crippen molar-refractivity contribution >= 4 is 28.1 Å². The molecular formula is C15H13BrN2O2. The number of phenolic OH excluding ortho intramolecular Hbond substituents is 1. The largest absolute Gasteiger partial charge is 0.508 e. The summed E-state index contributed by atoms with van der Waals surface area (Å²) in [5.41, 5.74) is 4.18. The first-order chi connectivity index (χ1) is 9.63. The lowest BCUT2D eigenvalue weighted by Crippen LogP contribution is -2.19. The SMILES string of the molecule is O=C(Cc1ccc(O)cc1)N/N=C\c1ccc(Br)cc1. The van der Waals surface area contributed by atoms with Gasteiger partial charge in [0.05, 0.1) is 12.6 Å². The highest BCUT2D eigenvalue weighted by Gasteiger charge is 2.01. The molecule has 0 unspecified atom stereocenters. The maximum atomic E-state index is 11.6. The van der Waals surface area contributed by atoms with Gasteiger partial charge in [-0.25, -0.2) is 5.43 Å². The summed E-state index contributed by atoms with van der Waals surface area (Å²) in [7, 11) is 0. The number of hydrogen-bond acceptors (Lipinski definition) is 3. The van der Waals surface area contributed by atoms with Crippen molar-refractivity contribution in [2.24, 2.45) is 5.10 Å². The van der Waals surface area contributed by atoms with Crippen LogP contribution in [-0.4, -0.2) is 17.2 Å². The molecule has 4 nitrogen and oxygen atoms in total. The fourth-order valence-corrected chi connectivity index (χ4v) is 1.83. The third-order valence-electron chi connectivity index (χ3n) is 2.57. The topological polar surface area (TPSA) is 61.7 Å². The molecule has 20 heavy (non-hydrogen) atoms. The van der Waals surface area contributed by atoms with Crippen LogP contribution in [0.5, 0.6) is 5.75 Å². The molecule has 0 aliphatic carbocycles. The smallest absolute Gasteiger partial charge is 0.244 e. The minimum Gasteiger partial charge on any atom is -0.508 e. The third kappa shape index (κ3) is 4.51. The number of halogens is 1. The molecule has 0 saturated carbocycles. The molecule has 0 aromatic heterocycles. The number of hydrogen-bond donors (Lipinski definition) is 2. The normalized spacial score (nSPS) is 10.7. The van der Waals surface area contributed by atoms with Crippen LogP contribution in [0.25, 0.3) is 0 Å². The van der Waals surface area contributed by atoms with E-state index >= 15 is 0 Å². The van der Waals surface area contributed by atoms with Crippen molar-refractivity contribution in [3.8, 4) is 5.75 Å². The number of nitrogens with one attached hydrogen (secondary N) is 1. The van der Waals surface area contributed by atoms with Crippen molar-refractivity contribution in [3.63, 3.8) is 0 Å². The highest BCUT2D eigenvalue weighted by atomic mass is 79.9. The molecule has 0 saturated heterocycles. The fraction of sp³-hybridized carbons (Fsp3) is 0.0667. The number of phenols is 1. The van der Waals surface area contributed by atoms with Gasteiger partial charge in [0.2, 0.25) is 5.91 Å². The zero-order chi connectivity index (χ0) is 14.4. The van der Waals surface area contributed by atoms with Gasteiger partial charge in [0.25, 0.3) is 0 Å². The van der Waals surface area contributed by atoms with E-state index in [1.807, 2.05) is 24.3 Å². The van der Waals surface area contributed by atoms with Gasteiger partial charge in [-0.15, -0.1) is 0 Å². The summed E-state index contributed by atoms with van der Waals surface area (Å²) < 4.78 is 0.992. The summed E-state index contributed by atoms with van der Waals surface area (Å²) in [6, 6.07) is 14.1. The molecule has 2 aromatic rings. The second-order valence-corrected chi connectivity index (χ2v) is 5.10. The van der Waals surface area contributed by atoms with Gasteiger partial charge in [-0.3, -0.25) is 4.79 Å². The Morgan fingerprint density at radius 1 is 1.15 bits per heavy atom. The molecule has 1 amide bonds. The molecule has 0 aliphatic rings. The Morgan fingerprint density at radius 3 is 2.45 bits per heavy atom. The van der Waals surface area contributed by atoms with E-state index in [-0.39, 0.29) is 18.1 Å². The van der Waals surface area contributed by atoms with Gasteiger partial charge in [0, 0.05) is 4.47 Å². The molecule has 5 heteroatoms. The molecule has 0 radical (unpaired) electrons. The molecule has 0 fully saturated rings. The van der Waals surface area contributed by atoms with Gasteiger partial charge >= 0.3 is 0 Å². The molecule has 2 rings (SSSR count). The zero-order valence-corrected chi connectivity index (χ0v) is 12.2. The quantitative estimate of drug-likeness (QED) is 0.668. The van der Waals surface area contributed by atoms with Crippen LogP contribution in [0, 0.1) is 0 Å². The van der Waals surface area contributed by atoms with Crippen LogP contribution in [0.3, 0.4) is 0 Å². The van der Waals surface area contributed by atoms with Gasteiger partial charge in [0.15, 0.2) is 0 Å². The molecule has 0 spiro atoms. The van der Waals surface area contributed by atoms with Crippen LogP contribution >= 0.6 is 15.9 Å². The first-order valence-electron chi connectivity index (χ1n) is 5.99. The lowest BCUT2D eigenvalue weighted by Gasteiger charge is -2.00. The second-order valence-electron chi connectivity index (χ2n) is 4.19. The second kappa shape index (κ2) is 6.86. The molecule has 2 aromatic carbocycles. The van der Waals surface area contributed by atoms with Crippen LogP contribution in [0.1, 0.15) is 11.1 Å². The van der Waals surface area contributed by atoms with Crippen molar-refractivity contribution in [1.29, 1.82) is 0 Å². The minimum absolute atomic E-state index is 0.183. The molecular weight excluding hydrogens is 320 g/mol. The van der Waals surface area contributed by atoms with E-state index in [0.29, 0.717) is 0 Å². The number of amides is 1. The molecule has 102 valence electrons. The number of carbonyl (C=O) groups excluding carboxylic acids is 1. The third-order valence-corrected chi connectivity index (χ3v) is 3.10. The van der Waals surface area contributed by atoms with Gasteiger partial charge in [-0.05, 0) is 35.4 Å². The van der Waals surface area contributed by atoms with Crippen molar-refractivity contribution in [2.75, 3.05) is 0 Å². The van der Waals surface area contributed by atoms with Crippen LogP contribution in [0.4, 0.5) is 0 Å². The maximum Gasteiger partial charge on any atom is 0.244 e. The average Bonchev–Trinajstić information content (AvgIpc) is 2.44.